The van der Waals surface area contributed by atoms with Crippen molar-refractivity contribution in [1.82, 2.24) is 15.1 Å². The summed E-state index contributed by atoms with van der Waals surface area (Å²) in [7, 11) is 1.92. The van der Waals surface area contributed by atoms with Crippen LogP contribution in [0.1, 0.15) is 16.8 Å². The highest BCUT2D eigenvalue weighted by Gasteiger charge is 2.03. The largest absolute Gasteiger partial charge is 0.308 e. The van der Waals surface area contributed by atoms with E-state index in [1.807, 2.05) is 30.9 Å². The van der Waals surface area contributed by atoms with Gasteiger partial charge in [0.15, 0.2) is 0 Å². The van der Waals surface area contributed by atoms with Crippen LogP contribution in [0.3, 0.4) is 0 Å². The fourth-order valence-corrected chi connectivity index (χ4v) is 2.28. The third-order valence-corrected chi connectivity index (χ3v) is 3.36. The summed E-state index contributed by atoms with van der Waals surface area (Å²) in [5, 5.41) is 7.46. The molecule has 0 unspecified atom stereocenters. The fourth-order valence-electron chi connectivity index (χ4n) is 1.77. The fraction of sp³-hybridized carbons (Fsp3) is 0.308. The molecule has 1 N–H and O–H groups in total. The van der Waals surface area contributed by atoms with Crippen molar-refractivity contribution in [2.75, 3.05) is 0 Å². The lowest BCUT2D eigenvalue weighted by Crippen LogP contribution is -2.13. The Balaban J connectivity index is 1.94. The van der Waals surface area contributed by atoms with Crippen molar-refractivity contribution >= 4 is 15.9 Å². The van der Waals surface area contributed by atoms with Gasteiger partial charge in [-0.05, 0) is 30.7 Å². The first-order valence-corrected chi connectivity index (χ1v) is 6.48. The molecule has 0 bridgehead atoms. The zero-order valence-electron chi connectivity index (χ0n) is 10.4. The lowest BCUT2D eigenvalue weighted by Gasteiger charge is -2.05. The molecule has 0 aliphatic carbocycles. The van der Waals surface area contributed by atoms with Crippen LogP contribution in [0.25, 0.3) is 0 Å². The summed E-state index contributed by atoms with van der Waals surface area (Å²) < 4.78 is 15.8. The molecule has 0 fully saturated rings. The minimum atomic E-state index is -0.223. The van der Waals surface area contributed by atoms with Crippen LogP contribution in [0.4, 0.5) is 4.39 Å². The molecule has 5 heteroatoms. The Bertz CT molecular complexity index is 531. The number of aryl methyl sites for hydroxylation is 1. The number of nitrogens with zero attached hydrogens (tertiary/aromatic N) is 2. The number of hydrogen-bond donors (Lipinski definition) is 1. The molecule has 0 atom stereocenters. The van der Waals surface area contributed by atoms with E-state index in [-0.39, 0.29) is 5.82 Å². The number of aromatic nitrogens is 2. The van der Waals surface area contributed by atoms with Crippen molar-refractivity contribution in [2.45, 2.75) is 20.0 Å². The summed E-state index contributed by atoms with van der Waals surface area (Å²) >= 11 is 3.28. The highest BCUT2D eigenvalue weighted by atomic mass is 79.9. The predicted octanol–water partition coefficient (Wildman–Crippen LogP) is 2.92. The summed E-state index contributed by atoms with van der Waals surface area (Å²) in [6.45, 7) is 3.39. The molecule has 0 aliphatic heterocycles. The molecule has 1 aromatic heterocycles. The van der Waals surface area contributed by atoms with Gasteiger partial charge in [0.2, 0.25) is 0 Å². The summed E-state index contributed by atoms with van der Waals surface area (Å²) in [5.74, 6) is -0.223. The third-order valence-electron chi connectivity index (χ3n) is 2.90. The normalized spacial score (nSPS) is 10.9. The van der Waals surface area contributed by atoms with E-state index in [0.29, 0.717) is 6.54 Å². The first-order valence-electron chi connectivity index (χ1n) is 5.69. The van der Waals surface area contributed by atoms with Gasteiger partial charge in [-0.25, -0.2) is 4.39 Å². The van der Waals surface area contributed by atoms with Crippen LogP contribution >= 0.6 is 15.9 Å². The van der Waals surface area contributed by atoms with E-state index in [1.54, 1.807) is 0 Å². The highest BCUT2D eigenvalue weighted by Crippen LogP contribution is 2.15. The Labute approximate surface area is 114 Å². The van der Waals surface area contributed by atoms with Gasteiger partial charge < -0.3 is 5.32 Å². The van der Waals surface area contributed by atoms with Gasteiger partial charge in [0.1, 0.15) is 5.82 Å². The van der Waals surface area contributed by atoms with E-state index in [9.17, 15) is 4.39 Å². The maximum atomic E-state index is 13.2. The van der Waals surface area contributed by atoms with Gasteiger partial charge >= 0.3 is 0 Å². The van der Waals surface area contributed by atoms with Crippen molar-refractivity contribution in [3.8, 4) is 0 Å². The topological polar surface area (TPSA) is 29.9 Å². The number of benzene rings is 1. The molecular formula is C13H15BrFN3. The molecule has 1 heterocycles. The van der Waals surface area contributed by atoms with E-state index in [2.05, 4.69) is 26.3 Å². The molecule has 0 radical (unpaired) electrons. The van der Waals surface area contributed by atoms with Gasteiger partial charge in [-0.15, -0.1) is 0 Å². The Morgan fingerprint density at radius 3 is 2.72 bits per heavy atom. The highest BCUT2D eigenvalue weighted by molar-refractivity contribution is 9.10. The Morgan fingerprint density at radius 2 is 2.11 bits per heavy atom. The molecule has 0 saturated heterocycles. The average Bonchev–Trinajstić information content (AvgIpc) is 2.59. The molecule has 0 saturated carbocycles. The zero-order chi connectivity index (χ0) is 13.1. The second kappa shape index (κ2) is 5.63. The van der Waals surface area contributed by atoms with E-state index in [0.717, 1.165) is 27.8 Å². The quantitative estimate of drug-likeness (QED) is 0.941. The van der Waals surface area contributed by atoms with E-state index >= 15 is 0 Å². The molecule has 0 amide bonds. The third kappa shape index (κ3) is 3.17. The summed E-state index contributed by atoms with van der Waals surface area (Å²) in [4.78, 5) is 0. The number of rotatable bonds is 4. The molecule has 3 nitrogen and oxygen atoms in total. The SMILES string of the molecule is Cc1c(CNCc2cc(F)cc(Br)c2)cnn1C. The number of hydrogen-bond acceptors (Lipinski definition) is 2. The Morgan fingerprint density at radius 1 is 1.33 bits per heavy atom. The average molecular weight is 312 g/mol. The van der Waals surface area contributed by atoms with Crippen molar-refractivity contribution in [3.05, 3.63) is 51.5 Å². The lowest BCUT2D eigenvalue weighted by molar-refractivity contribution is 0.619. The van der Waals surface area contributed by atoms with E-state index in [1.165, 1.54) is 12.1 Å². The molecule has 18 heavy (non-hydrogen) atoms. The van der Waals surface area contributed by atoms with Crippen LogP contribution in [0.2, 0.25) is 0 Å². The predicted molar refractivity (Wildman–Crippen MR) is 72.6 cm³/mol. The lowest BCUT2D eigenvalue weighted by atomic mass is 10.2. The monoisotopic (exact) mass is 311 g/mol. The molecule has 2 rings (SSSR count). The molecule has 0 spiro atoms. The first-order chi connectivity index (χ1) is 8.56. The maximum Gasteiger partial charge on any atom is 0.124 e. The van der Waals surface area contributed by atoms with Crippen molar-refractivity contribution in [3.63, 3.8) is 0 Å². The van der Waals surface area contributed by atoms with Crippen molar-refractivity contribution < 1.29 is 4.39 Å². The zero-order valence-corrected chi connectivity index (χ0v) is 12.0. The van der Waals surface area contributed by atoms with E-state index < -0.39 is 0 Å². The van der Waals surface area contributed by atoms with Crippen molar-refractivity contribution in [1.29, 1.82) is 0 Å². The van der Waals surface area contributed by atoms with Crippen LogP contribution in [-0.4, -0.2) is 9.78 Å². The van der Waals surface area contributed by atoms with Gasteiger partial charge in [-0.3, -0.25) is 4.68 Å². The second-order valence-electron chi connectivity index (χ2n) is 4.26. The molecule has 0 aliphatic rings. The minimum absolute atomic E-state index is 0.223. The number of halogens is 2. The van der Waals surface area contributed by atoms with Gasteiger partial charge in [-0.1, -0.05) is 15.9 Å². The van der Waals surface area contributed by atoms with Gasteiger partial charge in [0.05, 0.1) is 6.20 Å². The second-order valence-corrected chi connectivity index (χ2v) is 5.18. The maximum absolute atomic E-state index is 13.2. The Hall–Kier alpha value is -1.20. The van der Waals surface area contributed by atoms with Crippen LogP contribution in [0.5, 0.6) is 0 Å². The van der Waals surface area contributed by atoms with Crippen LogP contribution in [0.15, 0.2) is 28.9 Å². The molecule has 2 aromatic rings. The summed E-state index contributed by atoms with van der Waals surface area (Å²) in [6, 6.07) is 4.90. The molecular weight excluding hydrogens is 297 g/mol. The first kappa shape index (κ1) is 13.2. The summed E-state index contributed by atoms with van der Waals surface area (Å²) in [5.41, 5.74) is 3.22. The van der Waals surface area contributed by atoms with Crippen LogP contribution < -0.4 is 5.32 Å². The van der Waals surface area contributed by atoms with Crippen molar-refractivity contribution in [2.24, 2.45) is 7.05 Å². The standard InChI is InChI=1S/C13H15BrFN3/c1-9-11(8-17-18(9)2)7-16-6-10-3-12(14)5-13(15)4-10/h3-5,8,16H,6-7H2,1-2H3. The van der Waals surface area contributed by atoms with Gasteiger partial charge in [-0.2, -0.15) is 5.10 Å². The smallest absolute Gasteiger partial charge is 0.124 e. The minimum Gasteiger partial charge on any atom is -0.308 e. The molecule has 1 aromatic carbocycles. The van der Waals surface area contributed by atoms with Crippen LogP contribution in [-0.2, 0) is 20.1 Å². The Kier molecular flexibility index (Phi) is 4.14. The summed E-state index contributed by atoms with van der Waals surface area (Å²) in [6.07, 6.45) is 1.85. The molecule has 96 valence electrons. The van der Waals surface area contributed by atoms with Crippen LogP contribution in [0, 0.1) is 12.7 Å². The van der Waals surface area contributed by atoms with E-state index in [4.69, 9.17) is 0 Å². The number of nitrogens with one attached hydrogen (secondary N) is 1. The van der Waals surface area contributed by atoms with Gasteiger partial charge in [0, 0.05) is 35.9 Å². The van der Waals surface area contributed by atoms with Gasteiger partial charge in [0.25, 0.3) is 0 Å².